The zero-order valence-electron chi connectivity index (χ0n) is 14.6. The van der Waals surface area contributed by atoms with E-state index in [2.05, 4.69) is 15.4 Å². The number of amides is 1. The third kappa shape index (κ3) is 4.25. The molecule has 1 N–H and O–H groups in total. The van der Waals surface area contributed by atoms with Gasteiger partial charge < -0.3 is 5.32 Å². The van der Waals surface area contributed by atoms with Gasteiger partial charge in [0.25, 0.3) is 5.91 Å². The number of aldehydes is 1. The predicted octanol–water partition coefficient (Wildman–Crippen LogP) is 4.97. The van der Waals surface area contributed by atoms with Crippen LogP contribution in [0.5, 0.6) is 0 Å². The van der Waals surface area contributed by atoms with Crippen LogP contribution in [0, 0.1) is 6.92 Å². The standard InChI is InChI=1S/C18H11Cl2F3N4O2/c1-9-5-11(19)6-10(8-28)15(9)25-17(29)13-7-14(18(21,22)23)26-27(13)16-12(20)3-2-4-24-16/h2-8H,1H3,(H,25,29). The van der Waals surface area contributed by atoms with Crippen molar-refractivity contribution in [1.82, 2.24) is 14.8 Å². The summed E-state index contributed by atoms with van der Waals surface area (Å²) in [6.45, 7) is 1.59. The zero-order chi connectivity index (χ0) is 21.3. The first-order chi connectivity index (χ1) is 13.6. The molecule has 3 rings (SSSR count). The van der Waals surface area contributed by atoms with Crippen LogP contribution in [0.4, 0.5) is 18.9 Å². The van der Waals surface area contributed by atoms with E-state index in [9.17, 15) is 22.8 Å². The van der Waals surface area contributed by atoms with Crippen LogP contribution in [-0.4, -0.2) is 27.0 Å². The highest BCUT2D eigenvalue weighted by molar-refractivity contribution is 6.32. The molecular weight excluding hydrogens is 432 g/mol. The molecule has 0 saturated heterocycles. The first-order valence-corrected chi connectivity index (χ1v) is 8.72. The summed E-state index contributed by atoms with van der Waals surface area (Å²) in [4.78, 5) is 28.0. The maximum atomic E-state index is 13.2. The van der Waals surface area contributed by atoms with Gasteiger partial charge in [0, 0.05) is 22.8 Å². The Morgan fingerprint density at radius 1 is 1.24 bits per heavy atom. The lowest BCUT2D eigenvalue weighted by molar-refractivity contribution is -0.141. The number of aryl methyl sites for hydroxylation is 1. The number of pyridine rings is 1. The van der Waals surface area contributed by atoms with E-state index in [0.29, 0.717) is 22.6 Å². The number of carbonyl (C=O) groups is 2. The Kier molecular flexibility index (Phi) is 5.63. The highest BCUT2D eigenvalue weighted by Gasteiger charge is 2.36. The second-order valence-electron chi connectivity index (χ2n) is 5.89. The molecule has 0 bridgehead atoms. The first-order valence-electron chi connectivity index (χ1n) is 7.96. The summed E-state index contributed by atoms with van der Waals surface area (Å²) in [5.74, 6) is -1.10. The molecule has 0 radical (unpaired) electrons. The van der Waals surface area contributed by atoms with Crippen LogP contribution in [0.1, 0.15) is 32.1 Å². The van der Waals surface area contributed by atoms with E-state index >= 15 is 0 Å². The fourth-order valence-corrected chi connectivity index (χ4v) is 3.07. The van der Waals surface area contributed by atoms with Gasteiger partial charge in [-0.15, -0.1) is 0 Å². The largest absolute Gasteiger partial charge is 0.435 e. The number of aromatic nitrogens is 3. The number of hydrogen-bond donors (Lipinski definition) is 1. The Morgan fingerprint density at radius 2 is 1.97 bits per heavy atom. The molecule has 0 atom stereocenters. The van der Waals surface area contributed by atoms with Crippen molar-refractivity contribution in [3.63, 3.8) is 0 Å². The lowest BCUT2D eigenvalue weighted by Gasteiger charge is -2.12. The summed E-state index contributed by atoms with van der Waals surface area (Å²) in [5.41, 5.74) is -1.13. The topological polar surface area (TPSA) is 76.9 Å². The van der Waals surface area contributed by atoms with Crippen molar-refractivity contribution in [1.29, 1.82) is 0 Å². The fraction of sp³-hybridized carbons (Fsp3) is 0.111. The van der Waals surface area contributed by atoms with Gasteiger partial charge >= 0.3 is 6.18 Å². The molecule has 0 spiro atoms. The van der Waals surface area contributed by atoms with Gasteiger partial charge in [-0.1, -0.05) is 23.2 Å². The number of halogens is 5. The average Bonchev–Trinajstić information content (AvgIpc) is 3.09. The van der Waals surface area contributed by atoms with Crippen molar-refractivity contribution in [3.8, 4) is 5.82 Å². The summed E-state index contributed by atoms with van der Waals surface area (Å²) in [7, 11) is 0. The number of nitrogens with zero attached hydrogens (tertiary/aromatic N) is 3. The smallest absolute Gasteiger partial charge is 0.320 e. The number of benzene rings is 1. The van der Waals surface area contributed by atoms with Gasteiger partial charge in [-0.3, -0.25) is 9.59 Å². The molecule has 0 saturated carbocycles. The van der Waals surface area contributed by atoms with Crippen LogP contribution in [0.25, 0.3) is 5.82 Å². The van der Waals surface area contributed by atoms with Crippen LogP contribution in [-0.2, 0) is 6.18 Å². The zero-order valence-corrected chi connectivity index (χ0v) is 16.1. The number of rotatable bonds is 4. The highest BCUT2D eigenvalue weighted by Crippen LogP contribution is 2.31. The second-order valence-corrected chi connectivity index (χ2v) is 6.74. The summed E-state index contributed by atoms with van der Waals surface area (Å²) < 4.78 is 40.3. The van der Waals surface area contributed by atoms with Gasteiger partial charge in [0.05, 0.1) is 10.7 Å². The molecule has 0 unspecified atom stereocenters. The molecule has 11 heteroatoms. The third-order valence-corrected chi connectivity index (χ3v) is 4.38. The minimum Gasteiger partial charge on any atom is -0.320 e. The second kappa shape index (κ2) is 7.84. The fourth-order valence-electron chi connectivity index (χ4n) is 2.59. The van der Waals surface area contributed by atoms with Gasteiger partial charge in [-0.25, -0.2) is 9.67 Å². The van der Waals surface area contributed by atoms with Crippen LogP contribution in [0.15, 0.2) is 36.5 Å². The Hall–Kier alpha value is -2.91. The van der Waals surface area contributed by atoms with Crippen LogP contribution >= 0.6 is 23.2 Å². The SMILES string of the molecule is Cc1cc(Cl)cc(C=O)c1NC(=O)c1cc(C(F)(F)F)nn1-c1ncccc1Cl. The Morgan fingerprint density at radius 3 is 2.59 bits per heavy atom. The molecule has 3 aromatic rings. The van der Waals surface area contributed by atoms with E-state index in [1.54, 1.807) is 6.92 Å². The summed E-state index contributed by atoms with van der Waals surface area (Å²) in [6.07, 6.45) is -3.03. The molecule has 0 aliphatic heterocycles. The Bertz CT molecular complexity index is 1110. The van der Waals surface area contributed by atoms with Gasteiger partial charge in [0.1, 0.15) is 5.69 Å². The van der Waals surface area contributed by atoms with E-state index in [1.807, 2.05) is 0 Å². The Labute approximate surface area is 172 Å². The molecule has 0 aliphatic carbocycles. The average molecular weight is 443 g/mol. The third-order valence-electron chi connectivity index (χ3n) is 3.87. The summed E-state index contributed by atoms with van der Waals surface area (Å²) in [5, 5.41) is 6.15. The van der Waals surface area contributed by atoms with Crippen LogP contribution < -0.4 is 5.32 Å². The number of alkyl halides is 3. The lowest BCUT2D eigenvalue weighted by Crippen LogP contribution is -2.19. The molecule has 6 nitrogen and oxygen atoms in total. The first kappa shape index (κ1) is 20.8. The molecule has 1 aromatic carbocycles. The van der Waals surface area contributed by atoms with Crippen LogP contribution in [0.2, 0.25) is 10.0 Å². The van der Waals surface area contributed by atoms with E-state index in [1.165, 1.54) is 30.5 Å². The van der Waals surface area contributed by atoms with Crippen molar-refractivity contribution in [3.05, 3.63) is 69.1 Å². The maximum absolute atomic E-state index is 13.2. The lowest BCUT2D eigenvalue weighted by atomic mass is 10.1. The molecule has 2 aromatic heterocycles. The molecule has 2 heterocycles. The number of hydrogen-bond acceptors (Lipinski definition) is 4. The van der Waals surface area contributed by atoms with Crippen molar-refractivity contribution in [2.45, 2.75) is 13.1 Å². The molecule has 1 amide bonds. The van der Waals surface area contributed by atoms with Crippen molar-refractivity contribution in [2.75, 3.05) is 5.32 Å². The molecule has 0 aliphatic rings. The van der Waals surface area contributed by atoms with E-state index in [-0.39, 0.29) is 27.1 Å². The minimum absolute atomic E-state index is 0.00497. The van der Waals surface area contributed by atoms with E-state index < -0.39 is 23.5 Å². The summed E-state index contributed by atoms with van der Waals surface area (Å²) >= 11 is 11.9. The number of carbonyl (C=O) groups excluding carboxylic acids is 2. The maximum Gasteiger partial charge on any atom is 0.435 e. The monoisotopic (exact) mass is 442 g/mol. The molecular formula is C18H11Cl2F3N4O2. The van der Waals surface area contributed by atoms with Crippen molar-refractivity contribution in [2.24, 2.45) is 0 Å². The molecule has 29 heavy (non-hydrogen) atoms. The summed E-state index contributed by atoms with van der Waals surface area (Å²) in [6, 6.07) is 6.27. The van der Waals surface area contributed by atoms with Crippen molar-refractivity contribution >= 4 is 41.1 Å². The van der Waals surface area contributed by atoms with Crippen molar-refractivity contribution < 1.29 is 22.8 Å². The van der Waals surface area contributed by atoms with E-state index in [0.717, 1.165) is 0 Å². The van der Waals surface area contributed by atoms with Gasteiger partial charge in [-0.2, -0.15) is 18.3 Å². The molecule has 0 fully saturated rings. The van der Waals surface area contributed by atoms with Crippen LogP contribution in [0.3, 0.4) is 0 Å². The Balaban J connectivity index is 2.11. The molecule has 150 valence electrons. The highest BCUT2D eigenvalue weighted by atomic mass is 35.5. The number of anilines is 1. The van der Waals surface area contributed by atoms with E-state index in [4.69, 9.17) is 23.2 Å². The van der Waals surface area contributed by atoms with Gasteiger partial charge in [0.2, 0.25) is 0 Å². The minimum atomic E-state index is -4.80. The van der Waals surface area contributed by atoms with Gasteiger partial charge in [0.15, 0.2) is 17.8 Å². The normalized spacial score (nSPS) is 11.4. The van der Waals surface area contributed by atoms with Gasteiger partial charge in [-0.05, 0) is 36.8 Å². The quantitative estimate of drug-likeness (QED) is 0.578. The number of nitrogens with one attached hydrogen (secondary N) is 1. The predicted molar refractivity (Wildman–Crippen MR) is 101 cm³/mol.